The fourth-order valence-electron chi connectivity index (χ4n) is 3.24. The van der Waals surface area contributed by atoms with Crippen LogP contribution in [0.4, 0.5) is 5.69 Å². The number of amides is 1. The molecule has 25 heavy (non-hydrogen) atoms. The van der Waals surface area contributed by atoms with Crippen molar-refractivity contribution in [1.82, 2.24) is 0 Å². The average molecular weight is 349 g/mol. The Labute approximate surface area is 151 Å². The molecule has 0 N–H and O–H groups in total. The third kappa shape index (κ3) is 2.98. The van der Waals surface area contributed by atoms with E-state index in [0.717, 1.165) is 40.1 Å². The van der Waals surface area contributed by atoms with E-state index in [1.54, 1.807) is 7.11 Å². The summed E-state index contributed by atoms with van der Waals surface area (Å²) in [5, 5.41) is 2.12. The molecule has 0 saturated heterocycles. The van der Waals surface area contributed by atoms with Gasteiger partial charge in [0.2, 0.25) is 0 Å². The fraction of sp³-hybridized carbons (Fsp3) is 0.190. The van der Waals surface area contributed by atoms with Crippen LogP contribution >= 0.6 is 11.8 Å². The van der Waals surface area contributed by atoms with Crippen LogP contribution in [0.5, 0.6) is 5.75 Å². The van der Waals surface area contributed by atoms with E-state index >= 15 is 0 Å². The second kappa shape index (κ2) is 6.81. The van der Waals surface area contributed by atoms with E-state index in [2.05, 4.69) is 6.07 Å². The highest BCUT2D eigenvalue weighted by Crippen LogP contribution is 2.36. The van der Waals surface area contributed by atoms with Crippen LogP contribution in [0.25, 0.3) is 10.8 Å². The van der Waals surface area contributed by atoms with Gasteiger partial charge in [0.05, 0.1) is 18.4 Å². The molecule has 3 aromatic carbocycles. The minimum absolute atomic E-state index is 0.00227. The van der Waals surface area contributed by atoms with E-state index in [4.69, 9.17) is 4.74 Å². The third-order valence-corrected chi connectivity index (χ3v) is 5.63. The first-order valence-corrected chi connectivity index (χ1v) is 9.37. The van der Waals surface area contributed by atoms with Crippen molar-refractivity contribution in [3.05, 3.63) is 66.2 Å². The molecule has 1 aliphatic rings. The Hall–Kier alpha value is -2.46. The van der Waals surface area contributed by atoms with Crippen molar-refractivity contribution < 1.29 is 9.53 Å². The van der Waals surface area contributed by atoms with Gasteiger partial charge in [0.1, 0.15) is 5.75 Å². The number of rotatable bonds is 2. The SMILES string of the molecule is COc1cc2ccccc2cc1C(=O)N1CCCSc2ccccc21. The zero-order chi connectivity index (χ0) is 17.2. The van der Waals surface area contributed by atoms with Crippen molar-refractivity contribution in [2.45, 2.75) is 11.3 Å². The fourth-order valence-corrected chi connectivity index (χ4v) is 4.23. The van der Waals surface area contributed by atoms with Crippen molar-refractivity contribution in [3.63, 3.8) is 0 Å². The van der Waals surface area contributed by atoms with E-state index in [1.165, 1.54) is 0 Å². The van der Waals surface area contributed by atoms with Crippen LogP contribution in [-0.4, -0.2) is 25.3 Å². The molecular weight excluding hydrogens is 330 g/mol. The van der Waals surface area contributed by atoms with E-state index in [-0.39, 0.29) is 5.91 Å². The van der Waals surface area contributed by atoms with Gasteiger partial charge in [0.15, 0.2) is 0 Å². The van der Waals surface area contributed by atoms with Gasteiger partial charge in [-0.1, -0.05) is 36.4 Å². The van der Waals surface area contributed by atoms with E-state index in [1.807, 2.05) is 71.3 Å². The lowest BCUT2D eigenvalue weighted by atomic mass is 10.0. The minimum atomic E-state index is -0.00227. The standard InChI is InChI=1S/C21H19NO2S/c1-24-19-14-16-8-3-2-7-15(16)13-17(19)21(23)22-11-6-12-25-20-10-5-4-9-18(20)22/h2-5,7-10,13-14H,6,11-12H2,1H3. The van der Waals surface area contributed by atoms with Crippen LogP contribution < -0.4 is 9.64 Å². The quantitative estimate of drug-likeness (QED) is 0.653. The highest BCUT2D eigenvalue weighted by Gasteiger charge is 2.25. The normalized spacial score (nSPS) is 14.0. The first-order valence-electron chi connectivity index (χ1n) is 8.38. The number of thioether (sulfide) groups is 1. The van der Waals surface area contributed by atoms with Crippen molar-refractivity contribution >= 4 is 34.1 Å². The zero-order valence-corrected chi connectivity index (χ0v) is 14.9. The van der Waals surface area contributed by atoms with Gasteiger partial charge < -0.3 is 9.64 Å². The Kier molecular flexibility index (Phi) is 4.36. The highest BCUT2D eigenvalue weighted by atomic mass is 32.2. The van der Waals surface area contributed by atoms with Crippen LogP contribution in [0.2, 0.25) is 0 Å². The molecule has 0 aromatic heterocycles. The molecule has 0 atom stereocenters. The molecule has 0 saturated carbocycles. The lowest BCUT2D eigenvalue weighted by Gasteiger charge is -2.23. The molecule has 3 aromatic rings. The maximum absolute atomic E-state index is 13.4. The molecule has 1 aliphatic heterocycles. The summed E-state index contributed by atoms with van der Waals surface area (Å²) < 4.78 is 5.53. The van der Waals surface area contributed by atoms with Crippen molar-refractivity contribution in [1.29, 1.82) is 0 Å². The largest absolute Gasteiger partial charge is 0.496 e. The number of anilines is 1. The molecule has 126 valence electrons. The number of para-hydroxylation sites is 1. The summed E-state index contributed by atoms with van der Waals surface area (Å²) in [4.78, 5) is 16.4. The number of benzene rings is 3. The molecule has 4 heteroatoms. The summed E-state index contributed by atoms with van der Waals surface area (Å²) in [6.45, 7) is 0.721. The van der Waals surface area contributed by atoms with Crippen molar-refractivity contribution in [2.24, 2.45) is 0 Å². The topological polar surface area (TPSA) is 29.5 Å². The predicted molar refractivity (Wildman–Crippen MR) is 104 cm³/mol. The number of carbonyl (C=O) groups excluding carboxylic acids is 1. The summed E-state index contributed by atoms with van der Waals surface area (Å²) in [5.41, 5.74) is 1.60. The van der Waals surface area contributed by atoms with Gasteiger partial charge in [-0.3, -0.25) is 4.79 Å². The minimum Gasteiger partial charge on any atom is -0.496 e. The number of ether oxygens (including phenoxy) is 1. The van der Waals surface area contributed by atoms with Crippen LogP contribution in [0.15, 0.2) is 65.6 Å². The zero-order valence-electron chi connectivity index (χ0n) is 14.1. The second-order valence-corrected chi connectivity index (χ2v) is 7.16. The highest BCUT2D eigenvalue weighted by molar-refractivity contribution is 7.99. The Morgan fingerprint density at radius 2 is 1.76 bits per heavy atom. The summed E-state index contributed by atoms with van der Waals surface area (Å²) in [7, 11) is 1.62. The van der Waals surface area contributed by atoms with Gasteiger partial charge in [-0.15, -0.1) is 11.8 Å². The van der Waals surface area contributed by atoms with E-state index in [9.17, 15) is 4.79 Å². The molecular formula is C21H19NO2S. The molecule has 0 radical (unpaired) electrons. The number of hydrogen-bond acceptors (Lipinski definition) is 3. The Bertz CT molecular complexity index is 938. The number of hydrogen-bond donors (Lipinski definition) is 0. The van der Waals surface area contributed by atoms with Crippen molar-refractivity contribution in [3.8, 4) is 5.75 Å². The van der Waals surface area contributed by atoms with Crippen LogP contribution in [0.3, 0.4) is 0 Å². The van der Waals surface area contributed by atoms with Crippen molar-refractivity contribution in [2.75, 3.05) is 24.3 Å². The predicted octanol–water partition coefficient (Wildman–Crippen LogP) is 4.99. The smallest absolute Gasteiger partial charge is 0.262 e. The first kappa shape index (κ1) is 16.0. The number of fused-ring (bicyclic) bond motifs is 2. The summed E-state index contributed by atoms with van der Waals surface area (Å²) in [6, 6.07) is 20.0. The van der Waals surface area contributed by atoms with E-state index < -0.39 is 0 Å². The Morgan fingerprint density at radius 1 is 1.04 bits per heavy atom. The van der Waals surface area contributed by atoms with Gasteiger partial charge >= 0.3 is 0 Å². The van der Waals surface area contributed by atoms with Gasteiger partial charge in [0, 0.05) is 11.4 Å². The Balaban J connectivity index is 1.82. The number of carbonyl (C=O) groups is 1. The molecule has 0 bridgehead atoms. The molecule has 3 nitrogen and oxygen atoms in total. The number of methoxy groups -OCH3 is 1. The molecule has 1 amide bonds. The monoisotopic (exact) mass is 349 g/mol. The average Bonchev–Trinajstić information content (AvgIpc) is 2.89. The van der Waals surface area contributed by atoms with Gasteiger partial charge in [-0.2, -0.15) is 0 Å². The lowest BCUT2D eigenvalue weighted by Crippen LogP contribution is -2.32. The van der Waals surface area contributed by atoms with E-state index in [0.29, 0.717) is 11.3 Å². The molecule has 0 fully saturated rings. The summed E-state index contributed by atoms with van der Waals surface area (Å²) in [5.74, 6) is 1.64. The molecule has 1 heterocycles. The van der Waals surface area contributed by atoms with Crippen LogP contribution in [0.1, 0.15) is 16.8 Å². The van der Waals surface area contributed by atoms with Gasteiger partial charge in [-0.05, 0) is 47.2 Å². The first-order chi connectivity index (χ1) is 12.3. The maximum atomic E-state index is 13.4. The van der Waals surface area contributed by atoms with Crippen LogP contribution in [0, 0.1) is 0 Å². The molecule has 0 unspecified atom stereocenters. The summed E-state index contributed by atoms with van der Waals surface area (Å²) >= 11 is 1.81. The number of nitrogens with zero attached hydrogens (tertiary/aromatic N) is 1. The molecule has 0 spiro atoms. The van der Waals surface area contributed by atoms with Crippen LogP contribution in [-0.2, 0) is 0 Å². The Morgan fingerprint density at radius 3 is 2.56 bits per heavy atom. The molecule has 0 aliphatic carbocycles. The third-order valence-electron chi connectivity index (χ3n) is 4.48. The maximum Gasteiger partial charge on any atom is 0.262 e. The van der Waals surface area contributed by atoms with Gasteiger partial charge in [-0.25, -0.2) is 0 Å². The second-order valence-electron chi connectivity index (χ2n) is 6.03. The summed E-state index contributed by atoms with van der Waals surface area (Å²) in [6.07, 6.45) is 0.973. The molecule has 4 rings (SSSR count). The lowest BCUT2D eigenvalue weighted by molar-refractivity contribution is 0.0984. The van der Waals surface area contributed by atoms with Gasteiger partial charge in [0.25, 0.3) is 5.91 Å².